The van der Waals surface area contributed by atoms with Crippen molar-refractivity contribution in [3.05, 3.63) is 28.8 Å². The lowest BCUT2D eigenvalue weighted by Gasteiger charge is -2.37. The van der Waals surface area contributed by atoms with Gasteiger partial charge in [-0.3, -0.25) is 4.79 Å². The minimum atomic E-state index is -3.98. The van der Waals surface area contributed by atoms with Gasteiger partial charge in [0.1, 0.15) is 5.54 Å². The summed E-state index contributed by atoms with van der Waals surface area (Å²) < 4.78 is 23.5. The number of sulfonamides is 1. The highest BCUT2D eigenvalue weighted by Crippen LogP contribution is 2.34. The van der Waals surface area contributed by atoms with E-state index in [9.17, 15) is 23.1 Å². The number of hydrogen-bond donors (Lipinski definition) is 3. The molecule has 1 fully saturated rings. The van der Waals surface area contributed by atoms with Crippen molar-refractivity contribution in [2.24, 2.45) is 11.1 Å². The molecule has 1 aliphatic rings. The molecule has 0 atom stereocenters. The summed E-state index contributed by atoms with van der Waals surface area (Å²) in [6, 6.07) is 2.76. The van der Waals surface area contributed by atoms with E-state index >= 15 is 0 Å². The van der Waals surface area contributed by atoms with Crippen LogP contribution < -0.4 is 10.5 Å². The van der Waals surface area contributed by atoms with Crippen molar-refractivity contribution in [1.29, 1.82) is 0 Å². The minimum absolute atomic E-state index is 0.0929. The summed E-state index contributed by atoms with van der Waals surface area (Å²) in [5.41, 5.74) is -0.153. The first-order valence-electron chi connectivity index (χ1n) is 8.70. The zero-order valence-corrected chi connectivity index (χ0v) is 16.1. The van der Waals surface area contributed by atoms with Gasteiger partial charge in [-0.05, 0) is 68.7 Å². The van der Waals surface area contributed by atoms with Crippen LogP contribution in [0.25, 0.3) is 0 Å². The van der Waals surface area contributed by atoms with Crippen LogP contribution in [0.15, 0.2) is 17.0 Å². The number of aryl methyl sites for hydroxylation is 1. The van der Waals surface area contributed by atoms with Gasteiger partial charge in [-0.25, -0.2) is 18.4 Å². The van der Waals surface area contributed by atoms with Gasteiger partial charge < -0.3 is 10.4 Å². The van der Waals surface area contributed by atoms with E-state index in [4.69, 9.17) is 5.14 Å². The van der Waals surface area contributed by atoms with Crippen LogP contribution in [0.5, 0.6) is 0 Å². The molecule has 1 aliphatic carbocycles. The van der Waals surface area contributed by atoms with Crippen molar-refractivity contribution in [3.63, 3.8) is 0 Å². The van der Waals surface area contributed by atoms with E-state index in [-0.39, 0.29) is 10.5 Å². The molecule has 0 aliphatic heterocycles. The van der Waals surface area contributed by atoms with Gasteiger partial charge in [0.25, 0.3) is 5.91 Å². The Labute approximate surface area is 154 Å². The second-order valence-corrected chi connectivity index (χ2v) is 8.68. The minimum Gasteiger partial charge on any atom is -0.480 e. The lowest BCUT2D eigenvalue weighted by Crippen LogP contribution is -2.56. The number of primary sulfonamides is 1. The SMILES string of the molecule is CCC1CCC(NC(=O)c2cc(C)c(C)c(S(N)(=O)=O)c2)(C(=O)O)CC1. The van der Waals surface area contributed by atoms with E-state index in [0.717, 1.165) is 19.3 Å². The Morgan fingerprint density at radius 1 is 1.27 bits per heavy atom. The Morgan fingerprint density at radius 2 is 1.85 bits per heavy atom. The summed E-state index contributed by atoms with van der Waals surface area (Å²) in [7, 11) is -3.98. The molecule has 0 heterocycles. The topological polar surface area (TPSA) is 127 Å². The molecule has 0 aromatic heterocycles. The zero-order chi connectivity index (χ0) is 19.7. The van der Waals surface area contributed by atoms with E-state index in [0.29, 0.717) is 29.9 Å². The van der Waals surface area contributed by atoms with Crippen LogP contribution in [0.1, 0.15) is 60.5 Å². The van der Waals surface area contributed by atoms with Crippen LogP contribution >= 0.6 is 0 Å². The number of carbonyl (C=O) groups is 2. The third-order valence-corrected chi connectivity index (χ3v) is 6.52. The van der Waals surface area contributed by atoms with Crippen molar-refractivity contribution in [3.8, 4) is 0 Å². The first kappa shape index (κ1) is 20.4. The van der Waals surface area contributed by atoms with Crippen LogP contribution in [0, 0.1) is 19.8 Å². The monoisotopic (exact) mass is 382 g/mol. The van der Waals surface area contributed by atoms with E-state index in [1.165, 1.54) is 6.07 Å². The second kappa shape index (κ2) is 7.36. The summed E-state index contributed by atoms with van der Waals surface area (Å²) in [6.45, 7) is 5.36. The van der Waals surface area contributed by atoms with Crippen molar-refractivity contribution < 1.29 is 23.1 Å². The Bertz CT molecular complexity index is 824. The number of benzene rings is 1. The van der Waals surface area contributed by atoms with Crippen molar-refractivity contribution in [2.45, 2.75) is 63.3 Å². The normalized spacial score (nSPS) is 23.5. The van der Waals surface area contributed by atoms with Gasteiger partial charge in [-0.2, -0.15) is 0 Å². The lowest BCUT2D eigenvalue weighted by atomic mass is 9.75. The molecule has 1 amide bonds. The Kier molecular flexibility index (Phi) is 5.77. The summed E-state index contributed by atoms with van der Waals surface area (Å²) in [6.07, 6.45) is 3.17. The maximum absolute atomic E-state index is 12.7. The standard InChI is InChI=1S/C18H26N2O5S/c1-4-13-5-7-18(8-6-13,17(22)23)20-16(21)14-9-11(2)12(3)15(10-14)26(19,24)25/h9-10,13H,4-8H2,1-3H3,(H,20,21)(H,22,23)(H2,19,24,25). The number of rotatable bonds is 5. The molecule has 144 valence electrons. The Morgan fingerprint density at radius 3 is 2.31 bits per heavy atom. The summed E-state index contributed by atoms with van der Waals surface area (Å²) in [5, 5.41) is 17.6. The molecule has 1 aromatic rings. The van der Waals surface area contributed by atoms with E-state index < -0.39 is 27.4 Å². The van der Waals surface area contributed by atoms with Gasteiger partial charge >= 0.3 is 5.97 Å². The van der Waals surface area contributed by atoms with Crippen molar-refractivity contribution in [2.75, 3.05) is 0 Å². The molecule has 2 rings (SSSR count). The summed E-state index contributed by atoms with van der Waals surface area (Å²) >= 11 is 0. The molecule has 0 bridgehead atoms. The number of nitrogens with two attached hydrogens (primary N) is 1. The third-order valence-electron chi connectivity index (χ3n) is 5.49. The van der Waals surface area contributed by atoms with Crippen molar-refractivity contribution >= 4 is 21.9 Å². The molecule has 4 N–H and O–H groups in total. The number of nitrogens with one attached hydrogen (secondary N) is 1. The smallest absolute Gasteiger partial charge is 0.329 e. The second-order valence-electron chi connectivity index (χ2n) is 7.15. The van der Waals surface area contributed by atoms with Crippen LogP contribution in [0.4, 0.5) is 0 Å². The average molecular weight is 382 g/mol. The molecule has 7 nitrogen and oxygen atoms in total. The zero-order valence-electron chi connectivity index (χ0n) is 15.3. The van der Waals surface area contributed by atoms with Gasteiger partial charge in [-0.1, -0.05) is 13.3 Å². The largest absolute Gasteiger partial charge is 0.480 e. The molecular formula is C18H26N2O5S. The lowest BCUT2D eigenvalue weighted by molar-refractivity contribution is -0.146. The highest BCUT2D eigenvalue weighted by molar-refractivity contribution is 7.89. The summed E-state index contributed by atoms with van der Waals surface area (Å²) in [5.74, 6) is -1.19. The predicted octanol–water partition coefficient (Wildman–Crippen LogP) is 2.10. The molecule has 1 aromatic carbocycles. The first-order chi connectivity index (χ1) is 12.0. The highest BCUT2D eigenvalue weighted by Gasteiger charge is 2.43. The Balaban J connectivity index is 2.34. The van der Waals surface area contributed by atoms with E-state index in [2.05, 4.69) is 12.2 Å². The van der Waals surface area contributed by atoms with Crippen LogP contribution in [-0.4, -0.2) is 30.9 Å². The number of carbonyl (C=O) groups excluding carboxylic acids is 1. The number of carboxylic acid groups (broad SMARTS) is 1. The molecule has 1 saturated carbocycles. The molecule has 8 heteroatoms. The average Bonchev–Trinajstić information content (AvgIpc) is 2.56. The fraction of sp³-hybridized carbons (Fsp3) is 0.556. The molecule has 0 radical (unpaired) electrons. The van der Waals surface area contributed by atoms with Crippen LogP contribution in [0.3, 0.4) is 0 Å². The molecule has 0 unspecified atom stereocenters. The van der Waals surface area contributed by atoms with Gasteiger partial charge in [0.15, 0.2) is 0 Å². The van der Waals surface area contributed by atoms with Crippen LogP contribution in [-0.2, 0) is 14.8 Å². The van der Waals surface area contributed by atoms with Crippen LogP contribution in [0.2, 0.25) is 0 Å². The number of amides is 1. The van der Waals surface area contributed by atoms with Gasteiger partial charge in [-0.15, -0.1) is 0 Å². The predicted molar refractivity (Wildman–Crippen MR) is 97.4 cm³/mol. The quantitative estimate of drug-likeness (QED) is 0.719. The number of carboxylic acids is 1. The number of hydrogen-bond acceptors (Lipinski definition) is 4. The van der Waals surface area contributed by atoms with Gasteiger partial charge in [0.05, 0.1) is 4.90 Å². The molecule has 0 spiro atoms. The van der Waals surface area contributed by atoms with Gasteiger partial charge in [0, 0.05) is 5.56 Å². The van der Waals surface area contributed by atoms with Crippen molar-refractivity contribution in [1.82, 2.24) is 5.32 Å². The fourth-order valence-electron chi connectivity index (χ4n) is 3.51. The highest BCUT2D eigenvalue weighted by atomic mass is 32.2. The van der Waals surface area contributed by atoms with Gasteiger partial charge in [0.2, 0.25) is 10.0 Å². The van der Waals surface area contributed by atoms with E-state index in [1.54, 1.807) is 19.9 Å². The Hall–Kier alpha value is -1.93. The first-order valence-corrected chi connectivity index (χ1v) is 10.2. The van der Waals surface area contributed by atoms with E-state index in [1.807, 2.05) is 0 Å². The molecule has 0 saturated heterocycles. The summed E-state index contributed by atoms with van der Waals surface area (Å²) in [4.78, 5) is 24.4. The third kappa shape index (κ3) is 4.07. The fourth-order valence-corrected chi connectivity index (χ4v) is 4.39. The molecule has 26 heavy (non-hydrogen) atoms. The maximum atomic E-state index is 12.7. The maximum Gasteiger partial charge on any atom is 0.329 e. The molecular weight excluding hydrogens is 356 g/mol. The number of aliphatic carboxylic acids is 1.